The highest BCUT2D eigenvalue weighted by atomic mass is 14.7. The van der Waals surface area contributed by atoms with Crippen LogP contribution in [0.4, 0.5) is 0 Å². The smallest absolute Gasteiger partial charge is 0.187 e. The number of hydrogen-bond donors (Lipinski definition) is 0. The third-order valence-corrected chi connectivity index (χ3v) is 0.187. The first-order valence-corrected chi connectivity index (χ1v) is 1.28. The maximum absolute atomic E-state index is 7.62. The van der Waals surface area contributed by atoms with Gasteiger partial charge in [0.25, 0.3) is 0 Å². The van der Waals surface area contributed by atoms with Gasteiger partial charge in [-0.05, 0) is 6.92 Å². The van der Waals surface area contributed by atoms with Gasteiger partial charge < -0.3 is 0 Å². The van der Waals surface area contributed by atoms with Gasteiger partial charge in [0.15, 0.2) is 0 Å². The van der Waals surface area contributed by atoms with Crippen LogP contribution in [0.3, 0.4) is 0 Å². The summed E-state index contributed by atoms with van der Waals surface area (Å²) in [6.07, 6.45) is 3.03. The molecule has 0 aliphatic carbocycles. The first-order valence-electron chi connectivity index (χ1n) is 1.28. The number of hydrogen-bond acceptors (Lipinski definition) is 2. The van der Waals surface area contributed by atoms with Gasteiger partial charge in [0.1, 0.15) is 0 Å². The molecule has 0 aliphatic rings. The Kier molecular flexibility index (Phi) is 2.63. The summed E-state index contributed by atoms with van der Waals surface area (Å²) < 4.78 is 0. The van der Waals surface area contributed by atoms with Crippen LogP contribution in [0.15, 0.2) is 4.99 Å². The fraction of sp³-hybridized carbons (Fsp3) is 0.333. The summed E-state index contributed by atoms with van der Waals surface area (Å²) in [5.74, 6) is 0. The van der Waals surface area contributed by atoms with Crippen molar-refractivity contribution < 1.29 is 0 Å². The molecule has 0 saturated heterocycles. The second kappa shape index (κ2) is 3.16. The van der Waals surface area contributed by atoms with E-state index in [4.69, 9.17) is 5.26 Å². The summed E-state index contributed by atoms with van der Waals surface area (Å²) >= 11 is 0. The van der Waals surface area contributed by atoms with Crippen LogP contribution < -0.4 is 0 Å². The van der Waals surface area contributed by atoms with E-state index < -0.39 is 0 Å². The molecule has 26 valence electrons. The Balaban J connectivity index is 3.04. The van der Waals surface area contributed by atoms with Gasteiger partial charge in [-0.2, -0.15) is 10.3 Å². The Labute approximate surface area is 30.8 Å². The molecule has 0 aromatic rings. The largest absolute Gasteiger partial charge is 0.205 e. The summed E-state index contributed by atoms with van der Waals surface area (Å²) in [5, 5.41) is 7.62. The molecule has 0 saturated carbocycles. The lowest BCUT2D eigenvalue weighted by Gasteiger charge is -1.49. The van der Waals surface area contributed by atoms with Gasteiger partial charge in [-0.15, -0.1) is 0 Å². The molecule has 0 spiro atoms. The molecule has 0 atom stereocenters. The van der Waals surface area contributed by atoms with Crippen molar-refractivity contribution in [2.24, 2.45) is 4.99 Å². The SMILES string of the molecule is C/C=N/C#N. The zero-order valence-electron chi connectivity index (χ0n) is 2.97. The number of nitrogens with zero attached hydrogens (tertiary/aromatic N) is 2. The summed E-state index contributed by atoms with van der Waals surface area (Å²) in [6, 6.07) is 0. The van der Waals surface area contributed by atoms with Crippen LogP contribution in [-0.2, 0) is 0 Å². The van der Waals surface area contributed by atoms with Gasteiger partial charge in [-0.1, -0.05) is 0 Å². The summed E-state index contributed by atoms with van der Waals surface area (Å²) in [4.78, 5) is 3.15. The van der Waals surface area contributed by atoms with Gasteiger partial charge in [0.05, 0.1) is 0 Å². The molecule has 0 N–H and O–H groups in total. The lowest BCUT2D eigenvalue weighted by atomic mass is 10.9. The van der Waals surface area contributed by atoms with Crippen LogP contribution in [0.5, 0.6) is 0 Å². The highest BCUT2D eigenvalue weighted by molar-refractivity contribution is 5.54. The summed E-state index contributed by atoms with van der Waals surface area (Å²) in [5.41, 5.74) is 0. The number of nitriles is 1. The molecule has 2 nitrogen and oxygen atoms in total. The van der Waals surface area contributed by atoms with E-state index in [1.807, 2.05) is 0 Å². The van der Waals surface area contributed by atoms with E-state index in [-0.39, 0.29) is 0 Å². The highest BCUT2D eigenvalue weighted by Gasteiger charge is 1.45. The van der Waals surface area contributed by atoms with E-state index in [1.165, 1.54) is 6.21 Å². The van der Waals surface area contributed by atoms with Crippen molar-refractivity contribution in [1.29, 1.82) is 5.26 Å². The van der Waals surface area contributed by atoms with Crippen LogP contribution in [-0.4, -0.2) is 6.21 Å². The van der Waals surface area contributed by atoms with Crippen LogP contribution in [0.2, 0.25) is 0 Å². The van der Waals surface area contributed by atoms with E-state index in [1.54, 1.807) is 13.1 Å². The van der Waals surface area contributed by atoms with E-state index >= 15 is 0 Å². The minimum atomic E-state index is 1.44. The van der Waals surface area contributed by atoms with Crippen molar-refractivity contribution in [2.45, 2.75) is 6.92 Å². The van der Waals surface area contributed by atoms with Crippen molar-refractivity contribution in [1.82, 2.24) is 0 Å². The van der Waals surface area contributed by atoms with Gasteiger partial charge >= 0.3 is 0 Å². The number of aliphatic imine (C=N–C) groups is 1. The normalized spacial score (nSPS) is 8.00. The molecule has 0 aromatic carbocycles. The zero-order valence-corrected chi connectivity index (χ0v) is 2.97. The molecule has 2 heteroatoms. The van der Waals surface area contributed by atoms with Crippen LogP contribution in [0.25, 0.3) is 0 Å². The van der Waals surface area contributed by atoms with E-state index in [0.29, 0.717) is 0 Å². The maximum atomic E-state index is 7.62. The van der Waals surface area contributed by atoms with Crippen molar-refractivity contribution in [2.75, 3.05) is 0 Å². The molecule has 0 fully saturated rings. The highest BCUT2D eigenvalue weighted by Crippen LogP contribution is 1.48. The van der Waals surface area contributed by atoms with Crippen molar-refractivity contribution in [3.63, 3.8) is 0 Å². The minimum Gasteiger partial charge on any atom is -0.187 e. The fourth-order valence-corrected chi connectivity index (χ4v) is 0.0577. The standard InChI is InChI=1S/C3H4N2/c1-2-5-3-4/h2H,1H3/b5-2+. The lowest BCUT2D eigenvalue weighted by molar-refractivity contribution is 1.44. The Morgan fingerprint density at radius 2 is 2.60 bits per heavy atom. The fourth-order valence-electron chi connectivity index (χ4n) is 0.0577. The zero-order chi connectivity index (χ0) is 4.12. The van der Waals surface area contributed by atoms with Crippen molar-refractivity contribution >= 4 is 6.21 Å². The summed E-state index contributed by atoms with van der Waals surface area (Å²) in [6.45, 7) is 1.70. The molecular formula is C3H4N2. The first-order chi connectivity index (χ1) is 2.41. The van der Waals surface area contributed by atoms with Crippen molar-refractivity contribution in [3.05, 3.63) is 0 Å². The van der Waals surface area contributed by atoms with Crippen LogP contribution >= 0.6 is 0 Å². The summed E-state index contributed by atoms with van der Waals surface area (Å²) in [7, 11) is 0. The maximum Gasteiger partial charge on any atom is 0.205 e. The molecule has 0 aromatic heterocycles. The Bertz CT molecular complexity index is 67.5. The second-order valence-electron chi connectivity index (χ2n) is 0.487. The molecule has 0 rings (SSSR count). The molecule has 0 unspecified atom stereocenters. The quantitative estimate of drug-likeness (QED) is 0.302. The van der Waals surface area contributed by atoms with Gasteiger partial charge in [0.2, 0.25) is 6.19 Å². The second-order valence-corrected chi connectivity index (χ2v) is 0.487. The molecule has 0 bridgehead atoms. The molecule has 0 amide bonds. The number of rotatable bonds is 0. The predicted molar refractivity (Wildman–Crippen MR) is 19.8 cm³/mol. The third-order valence-electron chi connectivity index (χ3n) is 0.187. The van der Waals surface area contributed by atoms with Gasteiger partial charge in [0, 0.05) is 6.21 Å². The Morgan fingerprint density at radius 1 is 2.00 bits per heavy atom. The third kappa shape index (κ3) is 3.16. The van der Waals surface area contributed by atoms with E-state index in [2.05, 4.69) is 4.99 Å². The molecule has 0 aliphatic heterocycles. The van der Waals surface area contributed by atoms with E-state index in [9.17, 15) is 0 Å². The topological polar surface area (TPSA) is 36.1 Å². The van der Waals surface area contributed by atoms with Crippen LogP contribution in [0, 0.1) is 11.5 Å². The first kappa shape index (κ1) is 4.16. The molecule has 0 radical (unpaired) electrons. The molecule has 5 heavy (non-hydrogen) atoms. The van der Waals surface area contributed by atoms with Crippen LogP contribution in [0.1, 0.15) is 6.92 Å². The predicted octanol–water partition coefficient (Wildman–Crippen LogP) is 0.558. The van der Waals surface area contributed by atoms with Gasteiger partial charge in [-0.3, -0.25) is 0 Å². The lowest BCUT2D eigenvalue weighted by Crippen LogP contribution is -1.48. The van der Waals surface area contributed by atoms with Gasteiger partial charge in [-0.25, -0.2) is 0 Å². The average Bonchev–Trinajstić information content (AvgIpc) is 1.41. The average molecular weight is 68.1 g/mol. The Hall–Kier alpha value is -0.840. The molecular weight excluding hydrogens is 64.0 g/mol. The van der Waals surface area contributed by atoms with E-state index in [0.717, 1.165) is 0 Å². The minimum absolute atomic E-state index is 1.44. The monoisotopic (exact) mass is 68.0 g/mol. The van der Waals surface area contributed by atoms with Crippen molar-refractivity contribution in [3.8, 4) is 6.19 Å². The molecule has 0 heterocycles. The Morgan fingerprint density at radius 3 is 2.60 bits per heavy atom.